The lowest BCUT2D eigenvalue weighted by molar-refractivity contribution is 1.31. The Morgan fingerprint density at radius 1 is 0.300 bits per heavy atom. The molecule has 0 aliphatic heterocycles. The normalized spacial score (nSPS) is 11.6. The van der Waals surface area contributed by atoms with E-state index in [1.807, 2.05) is 11.3 Å². The van der Waals surface area contributed by atoms with Crippen LogP contribution < -0.4 is 4.90 Å². The molecule has 234 valence electrons. The summed E-state index contributed by atoms with van der Waals surface area (Å²) < 4.78 is 2.63. The number of benzene rings is 9. The van der Waals surface area contributed by atoms with Crippen LogP contribution in [0.25, 0.3) is 74.7 Å². The highest BCUT2D eigenvalue weighted by atomic mass is 32.1. The number of thiophene rings is 1. The molecule has 1 heterocycles. The highest BCUT2D eigenvalue weighted by Gasteiger charge is 2.17. The van der Waals surface area contributed by atoms with E-state index in [0.717, 1.165) is 11.4 Å². The van der Waals surface area contributed by atoms with Crippen molar-refractivity contribution in [2.45, 2.75) is 0 Å². The molecule has 0 radical (unpaired) electrons. The molecule has 0 aliphatic rings. The van der Waals surface area contributed by atoms with Crippen LogP contribution in [0.4, 0.5) is 17.1 Å². The lowest BCUT2D eigenvalue weighted by atomic mass is 9.97. The maximum Gasteiger partial charge on any atom is 0.0540 e. The van der Waals surface area contributed by atoms with Gasteiger partial charge in [0, 0.05) is 36.9 Å². The minimum atomic E-state index is 1.14. The molecular weight excluding hydrogens is 623 g/mol. The van der Waals surface area contributed by atoms with E-state index >= 15 is 0 Å². The third kappa shape index (κ3) is 4.92. The van der Waals surface area contributed by atoms with E-state index < -0.39 is 0 Å². The average molecular weight is 654 g/mol. The summed E-state index contributed by atoms with van der Waals surface area (Å²) in [4.78, 5) is 2.43. The zero-order valence-electron chi connectivity index (χ0n) is 27.3. The number of anilines is 3. The lowest BCUT2D eigenvalue weighted by Gasteiger charge is -2.27. The number of fused-ring (bicyclic) bond motifs is 6. The van der Waals surface area contributed by atoms with Crippen molar-refractivity contribution >= 4 is 80.9 Å². The molecule has 0 saturated heterocycles. The Bertz CT molecular complexity index is 2870. The summed E-state index contributed by atoms with van der Waals surface area (Å²) >= 11 is 1.86. The number of nitrogens with zero attached hydrogens (tertiary/aromatic N) is 1. The summed E-state index contributed by atoms with van der Waals surface area (Å²) in [5.74, 6) is 0. The van der Waals surface area contributed by atoms with Gasteiger partial charge in [-0.05, 0) is 104 Å². The zero-order chi connectivity index (χ0) is 33.0. The van der Waals surface area contributed by atoms with Crippen LogP contribution >= 0.6 is 11.3 Å². The van der Waals surface area contributed by atoms with Gasteiger partial charge >= 0.3 is 0 Å². The molecule has 0 aliphatic carbocycles. The second kappa shape index (κ2) is 11.7. The van der Waals surface area contributed by atoms with Crippen molar-refractivity contribution in [2.75, 3.05) is 4.90 Å². The van der Waals surface area contributed by atoms with Crippen LogP contribution in [0.1, 0.15) is 0 Å². The molecule has 1 aromatic heterocycles. The van der Waals surface area contributed by atoms with Gasteiger partial charge in [-0.2, -0.15) is 0 Å². The molecule has 10 rings (SSSR count). The Labute approximate surface area is 294 Å². The molecule has 0 N–H and O–H groups in total. The first kappa shape index (κ1) is 28.8. The Morgan fingerprint density at radius 3 is 1.64 bits per heavy atom. The van der Waals surface area contributed by atoms with Crippen LogP contribution in [0.2, 0.25) is 0 Å². The SMILES string of the molecule is c1ccc2cc(-c3ccc(-c4ccc5ccc(N(c6ccc7sc8ccccc8c7c6)c6cccc7ccccc67)cc5c4)cc3)ccc2c1. The number of hydrogen-bond acceptors (Lipinski definition) is 2. The van der Waals surface area contributed by atoms with Crippen LogP contribution in [-0.2, 0) is 0 Å². The van der Waals surface area contributed by atoms with Gasteiger partial charge in [0.15, 0.2) is 0 Å². The van der Waals surface area contributed by atoms with Crippen LogP contribution in [0, 0.1) is 0 Å². The van der Waals surface area contributed by atoms with E-state index in [2.05, 4.69) is 193 Å². The standard InChI is InChI=1S/C48H31NS/c1-2-10-37-28-38(22-20-32(37)8-1)33-16-18-34(19-17-33)39-23-21-35-24-25-41(30-40(35)29-39)49(46-14-7-11-36-9-3-4-12-43(36)46)42-26-27-48-45(31-42)44-13-5-6-15-47(44)50-48/h1-31H. The summed E-state index contributed by atoms with van der Waals surface area (Å²) in [6.07, 6.45) is 0. The van der Waals surface area contributed by atoms with E-state index in [-0.39, 0.29) is 0 Å². The first-order valence-electron chi connectivity index (χ1n) is 17.1. The molecule has 9 aromatic carbocycles. The van der Waals surface area contributed by atoms with Gasteiger partial charge in [-0.25, -0.2) is 0 Å². The second-order valence-corrected chi connectivity index (χ2v) is 14.1. The average Bonchev–Trinajstić information content (AvgIpc) is 3.56. The van der Waals surface area contributed by atoms with Crippen LogP contribution in [0.5, 0.6) is 0 Å². The predicted octanol–water partition coefficient (Wildman–Crippen LogP) is 14.3. The molecule has 0 spiro atoms. The largest absolute Gasteiger partial charge is 0.310 e. The number of hydrogen-bond donors (Lipinski definition) is 0. The van der Waals surface area contributed by atoms with Gasteiger partial charge < -0.3 is 4.90 Å². The summed E-state index contributed by atoms with van der Waals surface area (Å²) in [5.41, 5.74) is 8.34. The maximum absolute atomic E-state index is 2.43. The minimum absolute atomic E-state index is 1.14. The number of rotatable bonds is 5. The van der Waals surface area contributed by atoms with Gasteiger partial charge in [0.05, 0.1) is 5.69 Å². The molecule has 10 aromatic rings. The Kier molecular flexibility index (Phi) is 6.75. The third-order valence-electron chi connectivity index (χ3n) is 10.0. The Hall–Kier alpha value is -6.22. The van der Waals surface area contributed by atoms with Crippen molar-refractivity contribution in [2.24, 2.45) is 0 Å². The van der Waals surface area contributed by atoms with Crippen LogP contribution in [0.15, 0.2) is 188 Å². The van der Waals surface area contributed by atoms with Crippen LogP contribution in [0.3, 0.4) is 0 Å². The van der Waals surface area contributed by atoms with E-state index in [1.54, 1.807) is 0 Å². The fourth-order valence-electron chi connectivity index (χ4n) is 7.46. The van der Waals surface area contributed by atoms with Crippen LogP contribution in [-0.4, -0.2) is 0 Å². The fourth-order valence-corrected chi connectivity index (χ4v) is 8.55. The van der Waals surface area contributed by atoms with Crippen molar-refractivity contribution in [3.05, 3.63) is 188 Å². The predicted molar refractivity (Wildman–Crippen MR) is 217 cm³/mol. The van der Waals surface area contributed by atoms with E-state index in [0.29, 0.717) is 0 Å². The smallest absolute Gasteiger partial charge is 0.0540 e. The molecule has 0 unspecified atom stereocenters. The van der Waals surface area contributed by atoms with Crippen molar-refractivity contribution in [1.29, 1.82) is 0 Å². The van der Waals surface area contributed by atoms with Crippen molar-refractivity contribution in [3.63, 3.8) is 0 Å². The zero-order valence-corrected chi connectivity index (χ0v) is 28.1. The molecule has 0 saturated carbocycles. The molecule has 0 bridgehead atoms. The summed E-state index contributed by atoms with van der Waals surface area (Å²) in [5, 5.41) is 10.0. The van der Waals surface area contributed by atoms with Crippen molar-refractivity contribution in [1.82, 2.24) is 0 Å². The van der Waals surface area contributed by atoms with Gasteiger partial charge in [0.1, 0.15) is 0 Å². The first-order chi connectivity index (χ1) is 24.7. The van der Waals surface area contributed by atoms with Gasteiger partial charge in [-0.3, -0.25) is 0 Å². The summed E-state index contributed by atoms with van der Waals surface area (Å²) in [6.45, 7) is 0. The van der Waals surface area contributed by atoms with Gasteiger partial charge in [-0.1, -0.05) is 133 Å². The van der Waals surface area contributed by atoms with Gasteiger partial charge in [0.25, 0.3) is 0 Å². The quantitative estimate of drug-likeness (QED) is 0.179. The van der Waals surface area contributed by atoms with E-state index in [9.17, 15) is 0 Å². The van der Waals surface area contributed by atoms with Gasteiger partial charge in [0.2, 0.25) is 0 Å². The van der Waals surface area contributed by atoms with E-state index in [4.69, 9.17) is 0 Å². The summed E-state index contributed by atoms with van der Waals surface area (Å²) in [6, 6.07) is 68.9. The molecule has 0 atom stereocenters. The molecule has 0 amide bonds. The molecular formula is C48H31NS. The Balaban J connectivity index is 1.08. The fraction of sp³-hybridized carbons (Fsp3) is 0. The lowest BCUT2D eigenvalue weighted by Crippen LogP contribution is -2.10. The van der Waals surface area contributed by atoms with Gasteiger partial charge in [-0.15, -0.1) is 11.3 Å². The maximum atomic E-state index is 2.43. The minimum Gasteiger partial charge on any atom is -0.310 e. The first-order valence-corrected chi connectivity index (χ1v) is 17.9. The summed E-state index contributed by atoms with van der Waals surface area (Å²) in [7, 11) is 0. The molecule has 1 nitrogen and oxygen atoms in total. The Morgan fingerprint density at radius 2 is 0.840 bits per heavy atom. The topological polar surface area (TPSA) is 3.24 Å². The molecule has 0 fully saturated rings. The highest BCUT2D eigenvalue weighted by Crippen LogP contribution is 2.43. The monoisotopic (exact) mass is 653 g/mol. The molecule has 2 heteroatoms. The highest BCUT2D eigenvalue weighted by molar-refractivity contribution is 7.25. The van der Waals surface area contributed by atoms with Crippen molar-refractivity contribution < 1.29 is 0 Å². The van der Waals surface area contributed by atoms with Crippen molar-refractivity contribution in [3.8, 4) is 22.3 Å². The molecule has 50 heavy (non-hydrogen) atoms. The second-order valence-electron chi connectivity index (χ2n) is 13.0. The third-order valence-corrected chi connectivity index (χ3v) is 11.2. The van der Waals surface area contributed by atoms with E-state index in [1.165, 1.54) is 80.4 Å².